The Morgan fingerprint density at radius 3 is 2.09 bits per heavy atom. The summed E-state index contributed by atoms with van der Waals surface area (Å²) in [6.07, 6.45) is -6.17. The molecule has 0 aliphatic heterocycles. The van der Waals surface area contributed by atoms with Gasteiger partial charge in [-0.05, 0) is 0 Å². The van der Waals surface area contributed by atoms with Crippen LogP contribution in [-0.4, -0.2) is 18.0 Å². The molecule has 0 radical (unpaired) electrons. The molecule has 1 N–H and O–H groups in total. The van der Waals surface area contributed by atoms with Crippen LogP contribution in [0.4, 0.5) is 13.2 Å². The number of rotatable bonds is 1. The number of nitrogens with one attached hydrogen (secondary N) is 1. The number of halogens is 3. The van der Waals surface area contributed by atoms with Gasteiger partial charge in [-0.25, -0.2) is 0 Å². The molecule has 0 aliphatic rings. The Kier molecular flexibility index (Phi) is 3.03. The van der Waals surface area contributed by atoms with E-state index in [2.05, 4.69) is 0 Å². The van der Waals surface area contributed by atoms with Crippen molar-refractivity contribution in [2.75, 3.05) is 0 Å². The van der Waals surface area contributed by atoms with E-state index < -0.39 is 24.4 Å². The van der Waals surface area contributed by atoms with Gasteiger partial charge >= 0.3 is 6.18 Å². The lowest BCUT2D eigenvalue weighted by Gasteiger charge is -2.04. The summed E-state index contributed by atoms with van der Waals surface area (Å²) in [5.41, 5.74) is 0. The minimum atomic E-state index is -4.56. The number of carbonyl (C=O) groups is 2. The molecule has 0 saturated heterocycles. The Balaban J connectivity index is 3.80. The van der Waals surface area contributed by atoms with Crippen molar-refractivity contribution in [2.45, 2.75) is 19.5 Å². The first-order chi connectivity index (χ1) is 4.81. The molecule has 2 amide bonds. The number of alkyl halides is 3. The third-order valence-electron chi connectivity index (χ3n) is 0.676. The summed E-state index contributed by atoms with van der Waals surface area (Å²) >= 11 is 0. The molecule has 0 spiro atoms. The van der Waals surface area contributed by atoms with Gasteiger partial charge in [0.2, 0.25) is 11.8 Å². The molecule has 0 aromatic carbocycles. The summed E-state index contributed by atoms with van der Waals surface area (Å²) in [6.45, 7) is 0.967. The van der Waals surface area contributed by atoms with Crippen molar-refractivity contribution in [1.82, 2.24) is 5.32 Å². The van der Waals surface area contributed by atoms with E-state index in [-0.39, 0.29) is 0 Å². The third-order valence-corrected chi connectivity index (χ3v) is 0.676. The second kappa shape index (κ2) is 3.36. The average Bonchev–Trinajstić information content (AvgIpc) is 1.53. The summed E-state index contributed by atoms with van der Waals surface area (Å²) in [5, 5.41) is 1.50. The first-order valence-corrected chi connectivity index (χ1v) is 2.68. The maximum Gasteiger partial charge on any atom is 0.397 e. The van der Waals surface area contributed by atoms with Gasteiger partial charge < -0.3 is 0 Å². The van der Waals surface area contributed by atoms with E-state index in [0.717, 1.165) is 6.92 Å². The molecule has 0 heterocycles. The smallest absolute Gasteiger partial charge is 0.296 e. The third kappa shape index (κ3) is 6.82. The van der Waals surface area contributed by atoms with Crippen molar-refractivity contribution in [2.24, 2.45) is 0 Å². The zero-order chi connectivity index (χ0) is 9.07. The fourth-order valence-corrected chi connectivity index (χ4v) is 0.423. The van der Waals surface area contributed by atoms with Gasteiger partial charge in [-0.15, -0.1) is 0 Å². The average molecular weight is 169 g/mol. The predicted molar refractivity (Wildman–Crippen MR) is 29.5 cm³/mol. The van der Waals surface area contributed by atoms with Crippen LogP contribution in [0.15, 0.2) is 0 Å². The minimum absolute atomic E-state index is 0.792. The van der Waals surface area contributed by atoms with Gasteiger partial charge in [0.15, 0.2) is 0 Å². The van der Waals surface area contributed by atoms with Crippen LogP contribution < -0.4 is 5.32 Å². The standard InChI is InChI=1S/C5H6F3NO2/c1-3(10)9-4(11)2-5(6,7)8/h2H2,1H3,(H,9,10,11). The lowest BCUT2D eigenvalue weighted by molar-refractivity contribution is -0.154. The van der Waals surface area contributed by atoms with Crippen LogP contribution in [-0.2, 0) is 9.59 Å². The maximum atomic E-state index is 11.4. The lowest BCUT2D eigenvalue weighted by Crippen LogP contribution is -2.31. The number of hydrogen-bond acceptors (Lipinski definition) is 2. The molecule has 0 unspecified atom stereocenters. The highest BCUT2D eigenvalue weighted by atomic mass is 19.4. The van der Waals surface area contributed by atoms with Gasteiger partial charge in [0.25, 0.3) is 0 Å². The molecule has 64 valence electrons. The molecular formula is C5H6F3NO2. The Morgan fingerprint density at radius 2 is 1.82 bits per heavy atom. The van der Waals surface area contributed by atoms with E-state index in [1.165, 1.54) is 5.32 Å². The van der Waals surface area contributed by atoms with Gasteiger partial charge in [-0.2, -0.15) is 13.2 Å². The van der Waals surface area contributed by atoms with E-state index in [1.807, 2.05) is 0 Å². The summed E-state index contributed by atoms with van der Waals surface area (Å²) in [7, 11) is 0. The summed E-state index contributed by atoms with van der Waals surface area (Å²) in [6, 6.07) is 0. The highest BCUT2D eigenvalue weighted by Gasteiger charge is 2.31. The summed E-state index contributed by atoms with van der Waals surface area (Å²) < 4.78 is 34.2. The Bertz CT molecular complexity index is 175. The van der Waals surface area contributed by atoms with Crippen LogP contribution in [0.1, 0.15) is 13.3 Å². The lowest BCUT2D eigenvalue weighted by atomic mass is 10.4. The monoisotopic (exact) mass is 169 g/mol. The van der Waals surface area contributed by atoms with E-state index >= 15 is 0 Å². The first-order valence-electron chi connectivity index (χ1n) is 2.68. The highest BCUT2D eigenvalue weighted by molar-refractivity contribution is 5.94. The molecular weight excluding hydrogens is 163 g/mol. The molecule has 0 atom stereocenters. The molecule has 0 bridgehead atoms. The predicted octanol–water partition coefficient (Wildman–Crippen LogP) is 0.602. The van der Waals surface area contributed by atoms with Crippen LogP contribution in [0.5, 0.6) is 0 Å². The molecule has 3 nitrogen and oxygen atoms in total. The van der Waals surface area contributed by atoms with Crippen LogP contribution in [0.3, 0.4) is 0 Å². The van der Waals surface area contributed by atoms with Crippen molar-refractivity contribution >= 4 is 11.8 Å². The largest absolute Gasteiger partial charge is 0.397 e. The Morgan fingerprint density at radius 1 is 1.36 bits per heavy atom. The summed E-state index contributed by atoms with van der Waals surface area (Å²) in [5.74, 6) is -2.12. The maximum absolute atomic E-state index is 11.4. The van der Waals surface area contributed by atoms with Crippen molar-refractivity contribution in [3.63, 3.8) is 0 Å². The van der Waals surface area contributed by atoms with Crippen molar-refractivity contribution in [3.05, 3.63) is 0 Å². The number of amides is 2. The van der Waals surface area contributed by atoms with Crippen LogP contribution in [0.2, 0.25) is 0 Å². The Labute approximate surface area is 60.6 Å². The van der Waals surface area contributed by atoms with Gasteiger partial charge in [-0.3, -0.25) is 14.9 Å². The molecule has 6 heteroatoms. The second-order valence-electron chi connectivity index (χ2n) is 1.90. The molecule has 11 heavy (non-hydrogen) atoms. The van der Waals surface area contributed by atoms with Crippen molar-refractivity contribution in [1.29, 1.82) is 0 Å². The fraction of sp³-hybridized carbons (Fsp3) is 0.600. The van der Waals surface area contributed by atoms with E-state index in [1.54, 1.807) is 0 Å². The topological polar surface area (TPSA) is 46.2 Å². The number of hydrogen-bond donors (Lipinski definition) is 1. The number of imide groups is 1. The first kappa shape index (κ1) is 9.93. The minimum Gasteiger partial charge on any atom is -0.296 e. The van der Waals surface area contributed by atoms with E-state index in [0.29, 0.717) is 0 Å². The van der Waals surface area contributed by atoms with E-state index in [9.17, 15) is 22.8 Å². The summed E-state index contributed by atoms with van der Waals surface area (Å²) in [4.78, 5) is 20.3. The fourth-order valence-electron chi connectivity index (χ4n) is 0.423. The molecule has 0 aliphatic carbocycles. The zero-order valence-electron chi connectivity index (χ0n) is 5.66. The van der Waals surface area contributed by atoms with Gasteiger partial charge in [-0.1, -0.05) is 0 Å². The van der Waals surface area contributed by atoms with Crippen molar-refractivity contribution < 1.29 is 22.8 Å². The van der Waals surface area contributed by atoms with Crippen LogP contribution in [0.25, 0.3) is 0 Å². The quantitative estimate of drug-likeness (QED) is 0.624. The molecule has 0 aromatic heterocycles. The van der Waals surface area contributed by atoms with Crippen molar-refractivity contribution in [3.8, 4) is 0 Å². The Hall–Kier alpha value is -1.07. The van der Waals surface area contributed by atoms with Crippen LogP contribution in [0, 0.1) is 0 Å². The van der Waals surface area contributed by atoms with Gasteiger partial charge in [0.1, 0.15) is 6.42 Å². The highest BCUT2D eigenvalue weighted by Crippen LogP contribution is 2.18. The van der Waals surface area contributed by atoms with Gasteiger partial charge in [0.05, 0.1) is 0 Å². The number of carbonyl (C=O) groups excluding carboxylic acids is 2. The molecule has 0 aromatic rings. The van der Waals surface area contributed by atoms with E-state index in [4.69, 9.17) is 0 Å². The normalized spacial score (nSPS) is 10.9. The second-order valence-corrected chi connectivity index (χ2v) is 1.90. The van der Waals surface area contributed by atoms with Gasteiger partial charge in [0, 0.05) is 6.92 Å². The molecule has 0 saturated carbocycles. The zero-order valence-corrected chi connectivity index (χ0v) is 5.66. The molecule has 0 fully saturated rings. The SMILES string of the molecule is CC(=O)NC(=O)CC(F)(F)F. The molecule has 0 rings (SSSR count). The van der Waals surface area contributed by atoms with Crippen LogP contribution >= 0.6 is 0 Å².